The van der Waals surface area contributed by atoms with E-state index in [1.54, 1.807) is 17.0 Å². The Morgan fingerprint density at radius 1 is 1.12 bits per heavy atom. The number of aromatic nitrogens is 2. The molecule has 0 radical (unpaired) electrons. The topological polar surface area (TPSA) is 121 Å². The molecule has 43 heavy (non-hydrogen) atoms. The number of hydrogen-bond acceptors (Lipinski definition) is 8. The third-order valence-corrected chi connectivity index (χ3v) is 7.58. The normalized spacial score (nSPS) is 16.7. The molecule has 2 heterocycles. The van der Waals surface area contributed by atoms with Crippen molar-refractivity contribution in [1.29, 1.82) is 0 Å². The van der Waals surface area contributed by atoms with Crippen LogP contribution in [0.4, 0.5) is 30.4 Å². The summed E-state index contributed by atoms with van der Waals surface area (Å²) in [5.74, 6) is -4.47. The van der Waals surface area contributed by atoms with Crippen molar-refractivity contribution in [2.24, 2.45) is 5.41 Å². The van der Waals surface area contributed by atoms with Gasteiger partial charge in [-0.05, 0) is 50.4 Å². The van der Waals surface area contributed by atoms with Gasteiger partial charge in [-0.2, -0.15) is 0 Å². The molecule has 4 rings (SSSR count). The Bertz CT molecular complexity index is 1500. The van der Waals surface area contributed by atoms with Gasteiger partial charge in [0.2, 0.25) is 11.8 Å². The predicted octanol–water partition coefficient (Wildman–Crippen LogP) is 4.34. The molecule has 4 N–H and O–H groups in total. The van der Waals surface area contributed by atoms with Gasteiger partial charge in [-0.15, -0.1) is 0 Å². The van der Waals surface area contributed by atoms with E-state index >= 15 is 0 Å². The van der Waals surface area contributed by atoms with Gasteiger partial charge in [-0.1, -0.05) is 20.8 Å². The van der Waals surface area contributed by atoms with Crippen molar-refractivity contribution in [3.8, 4) is 5.75 Å². The molecule has 0 saturated carbocycles. The standard InChI is InChI=1S/C30H38F3N7O3/c1-16(34-5)14-35-26(30(2,3)4)29(42)40-11-7-8-22(40)28(41)39-21-12-17-20(13-23(21)43-6)36-15-37-27(17)38-19-10-9-18(31)24(32)25(19)33/h9-10,12-13,15-16,22,26,34-35H,7-8,11,14H2,1-6H3,(H,39,41)(H,36,37,38)/t16-,22-,26+/m0/s1. The third kappa shape index (κ3) is 6.99. The first-order valence-corrected chi connectivity index (χ1v) is 14.1. The third-order valence-electron chi connectivity index (χ3n) is 7.58. The lowest BCUT2D eigenvalue weighted by Crippen LogP contribution is -2.57. The van der Waals surface area contributed by atoms with E-state index in [4.69, 9.17) is 4.74 Å². The number of nitrogens with one attached hydrogen (secondary N) is 4. The summed E-state index contributed by atoms with van der Waals surface area (Å²) in [6.45, 7) is 8.99. The van der Waals surface area contributed by atoms with Crippen molar-refractivity contribution in [1.82, 2.24) is 25.5 Å². The van der Waals surface area contributed by atoms with Crippen LogP contribution in [0.3, 0.4) is 0 Å². The maximum Gasteiger partial charge on any atom is 0.247 e. The molecule has 0 bridgehead atoms. The summed E-state index contributed by atoms with van der Waals surface area (Å²) in [7, 11) is 3.29. The van der Waals surface area contributed by atoms with Crippen molar-refractivity contribution >= 4 is 39.9 Å². The molecular formula is C30H38F3N7O3. The number of nitrogens with zero attached hydrogens (tertiary/aromatic N) is 3. The first-order chi connectivity index (χ1) is 20.3. The zero-order chi connectivity index (χ0) is 31.5. The Hall–Kier alpha value is -3.97. The van der Waals surface area contributed by atoms with E-state index in [0.717, 1.165) is 12.1 Å². The Kier molecular flexibility index (Phi) is 9.75. The van der Waals surface area contributed by atoms with Crippen LogP contribution in [0.2, 0.25) is 0 Å². The van der Waals surface area contributed by atoms with Crippen LogP contribution in [0, 0.1) is 22.9 Å². The van der Waals surface area contributed by atoms with E-state index in [0.29, 0.717) is 42.6 Å². The lowest BCUT2D eigenvalue weighted by molar-refractivity contribution is -0.140. The number of anilines is 3. The monoisotopic (exact) mass is 601 g/mol. The minimum atomic E-state index is -1.62. The molecule has 3 atom stereocenters. The van der Waals surface area contributed by atoms with Gasteiger partial charge in [0, 0.05) is 30.6 Å². The number of rotatable bonds is 10. The lowest BCUT2D eigenvalue weighted by atomic mass is 9.85. The van der Waals surface area contributed by atoms with Crippen molar-refractivity contribution in [3.05, 3.63) is 48.0 Å². The molecule has 10 nitrogen and oxygen atoms in total. The molecule has 2 aromatic carbocycles. The fourth-order valence-electron chi connectivity index (χ4n) is 5.05. The number of hydrogen-bond donors (Lipinski definition) is 4. The number of likely N-dealkylation sites (tertiary alicyclic amines) is 1. The minimum Gasteiger partial charge on any atom is -0.494 e. The summed E-state index contributed by atoms with van der Waals surface area (Å²) in [6.07, 6.45) is 2.38. The fraction of sp³-hybridized carbons (Fsp3) is 0.467. The zero-order valence-corrected chi connectivity index (χ0v) is 25.1. The molecular weight excluding hydrogens is 563 g/mol. The lowest BCUT2D eigenvalue weighted by Gasteiger charge is -2.36. The van der Waals surface area contributed by atoms with Crippen LogP contribution in [-0.4, -0.2) is 72.1 Å². The summed E-state index contributed by atoms with van der Waals surface area (Å²) in [4.78, 5) is 37.4. The maximum absolute atomic E-state index is 14.4. The fourth-order valence-corrected chi connectivity index (χ4v) is 5.05. The minimum absolute atomic E-state index is 0.0978. The summed E-state index contributed by atoms with van der Waals surface area (Å²) in [5.41, 5.74) is -0.0582. The van der Waals surface area contributed by atoms with Gasteiger partial charge in [0.25, 0.3) is 0 Å². The highest BCUT2D eigenvalue weighted by molar-refractivity contribution is 6.02. The van der Waals surface area contributed by atoms with Gasteiger partial charge in [0.05, 0.1) is 30.0 Å². The van der Waals surface area contributed by atoms with Gasteiger partial charge in [0.1, 0.15) is 23.9 Å². The highest BCUT2D eigenvalue weighted by Crippen LogP contribution is 2.35. The maximum atomic E-state index is 14.4. The van der Waals surface area contributed by atoms with Crippen molar-refractivity contribution in [2.75, 3.05) is 37.9 Å². The molecule has 0 spiro atoms. The molecule has 1 aliphatic rings. The van der Waals surface area contributed by atoms with Gasteiger partial charge in [-0.3, -0.25) is 9.59 Å². The van der Waals surface area contributed by atoms with E-state index in [9.17, 15) is 22.8 Å². The van der Waals surface area contributed by atoms with Crippen LogP contribution >= 0.6 is 0 Å². The van der Waals surface area contributed by atoms with Gasteiger partial charge in [0.15, 0.2) is 17.5 Å². The van der Waals surface area contributed by atoms with Crippen LogP contribution in [0.1, 0.15) is 40.5 Å². The Labute approximate surface area is 248 Å². The van der Waals surface area contributed by atoms with E-state index in [-0.39, 0.29) is 29.1 Å². The predicted molar refractivity (Wildman–Crippen MR) is 159 cm³/mol. The number of ether oxygens (including phenoxy) is 1. The van der Waals surface area contributed by atoms with Crippen LogP contribution in [0.15, 0.2) is 30.6 Å². The molecule has 1 aromatic heterocycles. The van der Waals surface area contributed by atoms with Gasteiger partial charge < -0.3 is 30.9 Å². The largest absolute Gasteiger partial charge is 0.494 e. The van der Waals surface area contributed by atoms with Crippen molar-refractivity contribution < 1.29 is 27.5 Å². The first-order valence-electron chi connectivity index (χ1n) is 14.1. The number of amides is 2. The number of benzene rings is 2. The second-order valence-electron chi connectivity index (χ2n) is 11.7. The summed E-state index contributed by atoms with van der Waals surface area (Å²) >= 11 is 0. The van der Waals surface area contributed by atoms with Crippen LogP contribution in [-0.2, 0) is 9.59 Å². The SMILES string of the molecule is CN[C@@H](C)CN[C@H](C(=O)N1CCC[C@H]1C(=O)Nc1cc2c(Nc3ccc(F)c(F)c3F)ncnc2cc1OC)C(C)(C)C. The molecule has 1 fully saturated rings. The molecule has 13 heteroatoms. The highest BCUT2D eigenvalue weighted by Gasteiger charge is 2.41. The van der Waals surface area contributed by atoms with Crippen molar-refractivity contribution in [3.63, 3.8) is 0 Å². The molecule has 232 valence electrons. The van der Waals surface area contributed by atoms with Crippen LogP contribution < -0.4 is 26.0 Å². The Balaban J connectivity index is 1.61. The smallest absolute Gasteiger partial charge is 0.247 e. The van der Waals surface area contributed by atoms with Crippen molar-refractivity contribution in [2.45, 2.75) is 58.7 Å². The van der Waals surface area contributed by atoms with E-state index < -0.39 is 40.9 Å². The van der Waals surface area contributed by atoms with E-state index in [1.165, 1.54) is 13.4 Å². The number of carbonyl (C=O) groups excluding carboxylic acids is 2. The molecule has 2 amide bonds. The quantitative estimate of drug-likeness (QED) is 0.254. The molecule has 1 aliphatic heterocycles. The average Bonchev–Trinajstić information content (AvgIpc) is 3.47. The van der Waals surface area contributed by atoms with E-state index in [1.807, 2.05) is 34.7 Å². The Morgan fingerprint density at radius 2 is 1.86 bits per heavy atom. The number of likely N-dealkylation sites (N-methyl/N-ethyl adjacent to an activating group) is 1. The van der Waals surface area contributed by atoms with Crippen LogP contribution in [0.5, 0.6) is 5.75 Å². The zero-order valence-electron chi connectivity index (χ0n) is 25.1. The molecule has 3 aromatic rings. The number of methoxy groups -OCH3 is 1. The molecule has 1 saturated heterocycles. The van der Waals surface area contributed by atoms with Gasteiger partial charge >= 0.3 is 0 Å². The second kappa shape index (κ2) is 13.1. The summed E-state index contributed by atoms with van der Waals surface area (Å²) in [5, 5.41) is 12.4. The molecule has 0 aliphatic carbocycles. The summed E-state index contributed by atoms with van der Waals surface area (Å²) in [6, 6.07) is 3.91. The average molecular weight is 602 g/mol. The summed E-state index contributed by atoms with van der Waals surface area (Å²) < 4.78 is 47.2. The number of halogens is 3. The first kappa shape index (κ1) is 32.0. The Morgan fingerprint density at radius 3 is 2.53 bits per heavy atom. The highest BCUT2D eigenvalue weighted by atomic mass is 19.2. The molecule has 0 unspecified atom stereocenters. The van der Waals surface area contributed by atoms with Crippen LogP contribution in [0.25, 0.3) is 10.9 Å². The second-order valence-corrected chi connectivity index (χ2v) is 11.7. The van der Waals surface area contributed by atoms with E-state index in [2.05, 4.69) is 31.2 Å². The number of fused-ring (bicyclic) bond motifs is 1. The van der Waals surface area contributed by atoms with Gasteiger partial charge in [-0.25, -0.2) is 23.1 Å². The number of carbonyl (C=O) groups is 2.